The molecule has 0 bridgehead atoms. The Labute approximate surface area is 248 Å². The first-order valence-electron chi connectivity index (χ1n) is 13.7. The van der Waals surface area contributed by atoms with Gasteiger partial charge in [-0.3, -0.25) is 4.90 Å². The van der Waals surface area contributed by atoms with Gasteiger partial charge in [0.25, 0.3) is 0 Å². The van der Waals surface area contributed by atoms with Gasteiger partial charge >= 0.3 is 12.1 Å². The van der Waals surface area contributed by atoms with Gasteiger partial charge in [0.1, 0.15) is 29.5 Å². The van der Waals surface area contributed by atoms with Crippen LogP contribution in [-0.2, 0) is 37.0 Å². The van der Waals surface area contributed by atoms with Crippen LogP contribution in [-0.4, -0.2) is 49.8 Å². The Morgan fingerprint density at radius 2 is 1.98 bits per heavy atom. The van der Waals surface area contributed by atoms with Crippen molar-refractivity contribution < 1.29 is 36.9 Å². The van der Waals surface area contributed by atoms with Crippen LogP contribution < -0.4 is 4.74 Å². The molecule has 1 fully saturated rings. The van der Waals surface area contributed by atoms with Crippen LogP contribution in [0.3, 0.4) is 0 Å². The molecule has 0 radical (unpaired) electrons. The van der Waals surface area contributed by atoms with Crippen molar-refractivity contribution in [2.75, 3.05) is 13.2 Å². The maximum Gasteiger partial charge on any atom is 0.419 e. The summed E-state index contributed by atoms with van der Waals surface area (Å²) in [6, 6.07) is 9.14. The average molecular weight is 619 g/mol. The van der Waals surface area contributed by atoms with Gasteiger partial charge in [-0.2, -0.15) is 13.2 Å². The number of aromatic nitrogens is 3. The Morgan fingerprint density at radius 1 is 1.19 bits per heavy atom. The lowest BCUT2D eigenvalue weighted by atomic mass is 9.91. The molecule has 2 aromatic heterocycles. The van der Waals surface area contributed by atoms with E-state index < -0.39 is 30.1 Å². The number of pyridine rings is 1. The maximum absolute atomic E-state index is 14.3. The topological polar surface area (TPSA) is 89.7 Å². The summed E-state index contributed by atoms with van der Waals surface area (Å²) in [4.78, 5) is 22.7. The Kier molecular flexibility index (Phi) is 7.78. The fourth-order valence-electron chi connectivity index (χ4n) is 5.55. The second-order valence-corrected chi connectivity index (χ2v) is 11.2. The van der Waals surface area contributed by atoms with Gasteiger partial charge in [0.2, 0.25) is 0 Å². The fraction of sp³-hybridized carbons (Fsp3) is 0.367. The molecular formula is C30H27ClF4N4O4. The van der Waals surface area contributed by atoms with Gasteiger partial charge in [0, 0.05) is 29.8 Å². The van der Waals surface area contributed by atoms with Crippen LogP contribution in [0.1, 0.15) is 58.0 Å². The first-order chi connectivity index (χ1) is 20.5. The number of carbonyl (C=O) groups is 1. The van der Waals surface area contributed by atoms with Gasteiger partial charge in [-0.15, -0.1) is 0 Å². The maximum atomic E-state index is 14.3. The molecule has 6 rings (SSSR count). The van der Waals surface area contributed by atoms with Gasteiger partial charge in [-0.1, -0.05) is 17.7 Å². The van der Waals surface area contributed by atoms with Crippen LogP contribution in [0.2, 0.25) is 5.02 Å². The lowest BCUT2D eigenvalue weighted by molar-refractivity contribution is -0.139. The monoisotopic (exact) mass is 618 g/mol. The molecule has 0 unspecified atom stereocenters. The SMILES string of the molecule is C[C@@H]1c2cc(OCc3ccc(Cl)cc3F)c(C(F)(F)F)cc2CCN1Cc1nc2ccc(C(=O)O)nc2n1C[C@@H]1CCO1. The zero-order valence-corrected chi connectivity index (χ0v) is 23.8. The molecule has 2 aliphatic heterocycles. The van der Waals surface area contributed by atoms with Crippen LogP contribution in [0.4, 0.5) is 17.6 Å². The van der Waals surface area contributed by atoms with Crippen molar-refractivity contribution in [2.24, 2.45) is 0 Å². The van der Waals surface area contributed by atoms with Crippen molar-refractivity contribution in [3.8, 4) is 5.75 Å². The van der Waals surface area contributed by atoms with Gasteiger partial charge < -0.3 is 19.1 Å². The van der Waals surface area contributed by atoms with E-state index in [0.29, 0.717) is 60.8 Å². The number of carboxylic acid groups (broad SMARTS) is 1. The number of carboxylic acids is 1. The molecule has 8 nitrogen and oxygen atoms in total. The number of hydrogen-bond acceptors (Lipinski definition) is 6. The minimum atomic E-state index is -4.67. The molecule has 2 aromatic carbocycles. The predicted molar refractivity (Wildman–Crippen MR) is 149 cm³/mol. The first-order valence-corrected chi connectivity index (χ1v) is 14.1. The number of fused-ring (bicyclic) bond motifs is 2. The Hall–Kier alpha value is -3.74. The summed E-state index contributed by atoms with van der Waals surface area (Å²) in [5.74, 6) is -1.54. The lowest BCUT2D eigenvalue weighted by Crippen LogP contribution is -2.36. The lowest BCUT2D eigenvalue weighted by Gasteiger charge is -2.36. The molecule has 1 saturated heterocycles. The van der Waals surface area contributed by atoms with E-state index in [1.54, 1.807) is 6.07 Å². The second-order valence-electron chi connectivity index (χ2n) is 10.7. The zero-order valence-electron chi connectivity index (χ0n) is 23.0. The summed E-state index contributed by atoms with van der Waals surface area (Å²) >= 11 is 5.80. The van der Waals surface area contributed by atoms with Crippen LogP contribution in [0.25, 0.3) is 11.2 Å². The van der Waals surface area contributed by atoms with E-state index in [1.165, 1.54) is 24.3 Å². The normalized spacial score (nSPS) is 18.8. The summed E-state index contributed by atoms with van der Waals surface area (Å²) in [5, 5.41) is 9.63. The van der Waals surface area contributed by atoms with Crippen molar-refractivity contribution in [2.45, 2.75) is 57.8 Å². The van der Waals surface area contributed by atoms with Gasteiger partial charge in [0.15, 0.2) is 11.3 Å². The van der Waals surface area contributed by atoms with Crippen molar-refractivity contribution in [3.63, 3.8) is 0 Å². The number of benzene rings is 2. The number of hydrogen-bond donors (Lipinski definition) is 1. The van der Waals surface area contributed by atoms with Gasteiger partial charge in [0.05, 0.1) is 24.8 Å². The molecule has 0 aliphatic carbocycles. The molecule has 0 amide bonds. The fourth-order valence-corrected chi connectivity index (χ4v) is 5.70. The number of nitrogens with zero attached hydrogens (tertiary/aromatic N) is 4. The summed E-state index contributed by atoms with van der Waals surface area (Å²) < 4.78 is 69.6. The largest absolute Gasteiger partial charge is 0.488 e. The van der Waals surface area contributed by atoms with Crippen LogP contribution in [0, 0.1) is 5.82 Å². The number of ether oxygens (including phenoxy) is 2. The van der Waals surface area contributed by atoms with E-state index in [2.05, 4.69) is 9.88 Å². The van der Waals surface area contributed by atoms with Crippen LogP contribution in [0.5, 0.6) is 5.75 Å². The summed E-state index contributed by atoms with van der Waals surface area (Å²) in [5.41, 5.74) is 1.29. The highest BCUT2D eigenvalue weighted by Crippen LogP contribution is 2.42. The van der Waals surface area contributed by atoms with E-state index in [9.17, 15) is 27.5 Å². The summed E-state index contributed by atoms with van der Waals surface area (Å²) in [6.45, 7) is 3.42. The number of imidazole rings is 1. The van der Waals surface area contributed by atoms with E-state index in [1.807, 2.05) is 11.5 Å². The molecule has 2 atom stereocenters. The Bertz CT molecular complexity index is 1710. The highest BCUT2D eigenvalue weighted by atomic mass is 35.5. The Balaban J connectivity index is 1.31. The Morgan fingerprint density at radius 3 is 2.65 bits per heavy atom. The van der Waals surface area contributed by atoms with Crippen molar-refractivity contribution in [1.82, 2.24) is 19.4 Å². The molecule has 13 heteroatoms. The van der Waals surface area contributed by atoms with Crippen LogP contribution >= 0.6 is 11.6 Å². The van der Waals surface area contributed by atoms with E-state index >= 15 is 0 Å². The van der Waals surface area contributed by atoms with E-state index in [0.717, 1.165) is 18.6 Å². The molecule has 0 saturated carbocycles. The highest BCUT2D eigenvalue weighted by Gasteiger charge is 2.37. The minimum absolute atomic E-state index is 0.0445. The molecule has 0 spiro atoms. The van der Waals surface area contributed by atoms with Crippen molar-refractivity contribution in [3.05, 3.63) is 87.1 Å². The van der Waals surface area contributed by atoms with Crippen LogP contribution in [0.15, 0.2) is 42.5 Å². The highest BCUT2D eigenvalue weighted by molar-refractivity contribution is 6.30. The summed E-state index contributed by atoms with van der Waals surface area (Å²) in [7, 11) is 0. The van der Waals surface area contributed by atoms with Gasteiger partial charge in [-0.05, 0) is 67.3 Å². The third-order valence-electron chi connectivity index (χ3n) is 8.03. The van der Waals surface area contributed by atoms with E-state index in [4.69, 9.17) is 26.1 Å². The van der Waals surface area contributed by atoms with E-state index in [-0.39, 0.29) is 34.2 Å². The third-order valence-corrected chi connectivity index (χ3v) is 8.26. The van der Waals surface area contributed by atoms with Crippen molar-refractivity contribution in [1.29, 1.82) is 0 Å². The summed E-state index contributed by atoms with van der Waals surface area (Å²) in [6.07, 6.45) is -3.49. The quantitative estimate of drug-likeness (QED) is 0.228. The number of halogens is 5. The van der Waals surface area contributed by atoms with Crippen molar-refractivity contribution >= 4 is 28.7 Å². The number of aromatic carboxylic acids is 1. The molecule has 2 aliphatic rings. The molecule has 43 heavy (non-hydrogen) atoms. The smallest absolute Gasteiger partial charge is 0.419 e. The molecular weight excluding hydrogens is 592 g/mol. The minimum Gasteiger partial charge on any atom is -0.488 e. The molecule has 4 aromatic rings. The molecule has 4 heterocycles. The average Bonchev–Trinajstić information content (AvgIpc) is 3.27. The third kappa shape index (κ3) is 5.91. The number of rotatable bonds is 8. The van der Waals surface area contributed by atoms with Gasteiger partial charge in [-0.25, -0.2) is 19.2 Å². The first kappa shape index (κ1) is 29.3. The molecule has 226 valence electrons. The second kappa shape index (κ2) is 11.4. The predicted octanol–water partition coefficient (Wildman–Crippen LogP) is 6.43. The molecule has 1 N–H and O–H groups in total. The zero-order chi connectivity index (χ0) is 30.5. The standard InChI is InChI=1S/C30H27ClF4N4O4/c1-16-21-12-26(43-15-18-2-3-19(31)11-23(18)32)22(30(33,34)35)10-17(21)6-8-38(16)14-27-36-24-4-5-25(29(40)41)37-28(24)39(27)13-20-7-9-42-20/h2-5,10-12,16,20H,6-9,13-15H2,1H3,(H,40,41)/t16-,20+/m1/s1. The number of alkyl halides is 3.